The number of carbonyl (C=O) groups is 1. The van der Waals surface area contributed by atoms with Crippen LogP contribution in [-0.2, 0) is 22.6 Å². The van der Waals surface area contributed by atoms with Crippen LogP contribution in [0.25, 0.3) is 0 Å². The molecule has 3 rings (SSSR count). The van der Waals surface area contributed by atoms with E-state index in [2.05, 4.69) is 21.6 Å². The van der Waals surface area contributed by atoms with Gasteiger partial charge in [0.15, 0.2) is 0 Å². The molecule has 148 valence electrons. The van der Waals surface area contributed by atoms with E-state index in [4.69, 9.17) is 4.74 Å². The molecule has 0 aromatic heterocycles. The Morgan fingerprint density at radius 2 is 1.86 bits per heavy atom. The van der Waals surface area contributed by atoms with E-state index < -0.39 is 4.92 Å². The van der Waals surface area contributed by atoms with Crippen molar-refractivity contribution in [2.75, 3.05) is 38.2 Å². The van der Waals surface area contributed by atoms with E-state index in [1.165, 1.54) is 17.7 Å². The molecule has 2 N–H and O–H groups in total. The second kappa shape index (κ2) is 9.82. The van der Waals surface area contributed by atoms with E-state index in [9.17, 15) is 14.9 Å². The maximum Gasteiger partial charge on any atom is 0.271 e. The van der Waals surface area contributed by atoms with Gasteiger partial charge in [0.25, 0.3) is 5.69 Å². The Morgan fingerprint density at radius 1 is 1.11 bits per heavy atom. The SMILES string of the molecule is O=C(CNc1cccc([N+](=O)[O-])c1)NCc1ccccc1CN1CCOCC1. The maximum atomic E-state index is 12.2. The second-order valence-corrected chi connectivity index (χ2v) is 6.59. The Labute approximate surface area is 163 Å². The van der Waals surface area contributed by atoms with Crippen molar-refractivity contribution in [1.29, 1.82) is 0 Å². The van der Waals surface area contributed by atoms with Crippen molar-refractivity contribution in [2.24, 2.45) is 0 Å². The molecule has 1 fully saturated rings. The topological polar surface area (TPSA) is 96.7 Å². The maximum absolute atomic E-state index is 12.2. The normalized spacial score (nSPS) is 14.4. The summed E-state index contributed by atoms with van der Waals surface area (Å²) in [5.41, 5.74) is 2.80. The molecule has 1 saturated heterocycles. The van der Waals surface area contributed by atoms with Crippen LogP contribution in [0.1, 0.15) is 11.1 Å². The summed E-state index contributed by atoms with van der Waals surface area (Å²) in [7, 11) is 0. The lowest BCUT2D eigenvalue weighted by atomic mass is 10.1. The van der Waals surface area contributed by atoms with Crippen molar-refractivity contribution in [1.82, 2.24) is 10.2 Å². The smallest absolute Gasteiger partial charge is 0.271 e. The molecule has 0 radical (unpaired) electrons. The minimum Gasteiger partial charge on any atom is -0.379 e. The average Bonchev–Trinajstić information content (AvgIpc) is 2.72. The van der Waals surface area contributed by atoms with E-state index in [1.54, 1.807) is 12.1 Å². The number of nitrogens with zero attached hydrogens (tertiary/aromatic N) is 2. The van der Waals surface area contributed by atoms with Gasteiger partial charge in [0.05, 0.1) is 24.7 Å². The second-order valence-electron chi connectivity index (χ2n) is 6.59. The Balaban J connectivity index is 1.50. The van der Waals surface area contributed by atoms with Crippen LogP contribution in [0.2, 0.25) is 0 Å². The van der Waals surface area contributed by atoms with Gasteiger partial charge in [-0.25, -0.2) is 0 Å². The summed E-state index contributed by atoms with van der Waals surface area (Å²) in [5, 5.41) is 16.6. The van der Waals surface area contributed by atoms with Crippen LogP contribution in [-0.4, -0.2) is 48.6 Å². The van der Waals surface area contributed by atoms with E-state index in [-0.39, 0.29) is 18.1 Å². The highest BCUT2D eigenvalue weighted by atomic mass is 16.6. The van der Waals surface area contributed by atoms with Gasteiger partial charge in [0.1, 0.15) is 0 Å². The van der Waals surface area contributed by atoms with Gasteiger partial charge in [-0.05, 0) is 17.2 Å². The molecule has 0 spiro atoms. The first-order valence-electron chi connectivity index (χ1n) is 9.24. The van der Waals surface area contributed by atoms with Crippen LogP contribution in [0.15, 0.2) is 48.5 Å². The third kappa shape index (κ3) is 5.77. The summed E-state index contributed by atoms with van der Waals surface area (Å²) in [5.74, 6) is -0.173. The van der Waals surface area contributed by atoms with Crippen molar-refractivity contribution in [2.45, 2.75) is 13.1 Å². The van der Waals surface area contributed by atoms with Gasteiger partial charge in [0, 0.05) is 44.0 Å². The lowest BCUT2D eigenvalue weighted by molar-refractivity contribution is -0.384. The van der Waals surface area contributed by atoms with Crippen LogP contribution in [0.3, 0.4) is 0 Å². The summed E-state index contributed by atoms with van der Waals surface area (Å²) >= 11 is 0. The van der Waals surface area contributed by atoms with Crippen LogP contribution < -0.4 is 10.6 Å². The fraction of sp³-hybridized carbons (Fsp3) is 0.350. The number of benzene rings is 2. The minimum atomic E-state index is -0.462. The largest absolute Gasteiger partial charge is 0.379 e. The molecule has 28 heavy (non-hydrogen) atoms. The highest BCUT2D eigenvalue weighted by Crippen LogP contribution is 2.17. The van der Waals surface area contributed by atoms with Crippen molar-refractivity contribution in [3.8, 4) is 0 Å². The van der Waals surface area contributed by atoms with Crippen LogP contribution in [0.4, 0.5) is 11.4 Å². The summed E-state index contributed by atoms with van der Waals surface area (Å²) in [6.07, 6.45) is 0. The Morgan fingerprint density at radius 3 is 2.61 bits per heavy atom. The fourth-order valence-electron chi connectivity index (χ4n) is 3.05. The monoisotopic (exact) mass is 384 g/mol. The Bertz CT molecular complexity index is 821. The molecule has 0 bridgehead atoms. The highest BCUT2D eigenvalue weighted by Gasteiger charge is 2.13. The molecule has 8 nitrogen and oxygen atoms in total. The van der Waals surface area contributed by atoms with Crippen molar-refractivity contribution in [3.05, 3.63) is 69.8 Å². The van der Waals surface area contributed by atoms with E-state index in [1.807, 2.05) is 18.2 Å². The number of morpholine rings is 1. The molecule has 1 heterocycles. The molecule has 1 amide bonds. The van der Waals surface area contributed by atoms with Gasteiger partial charge in [-0.3, -0.25) is 19.8 Å². The molecule has 0 unspecified atom stereocenters. The summed E-state index contributed by atoms with van der Waals surface area (Å²) in [6, 6.07) is 14.2. The third-order valence-corrected chi connectivity index (χ3v) is 4.60. The third-order valence-electron chi connectivity index (χ3n) is 4.60. The highest BCUT2D eigenvalue weighted by molar-refractivity contribution is 5.80. The zero-order chi connectivity index (χ0) is 19.8. The quantitative estimate of drug-likeness (QED) is 0.535. The van der Waals surface area contributed by atoms with Gasteiger partial charge in [0.2, 0.25) is 5.91 Å². The minimum absolute atomic E-state index is 0.0116. The van der Waals surface area contributed by atoms with Gasteiger partial charge >= 0.3 is 0 Å². The number of rotatable bonds is 8. The number of amides is 1. The number of nitro groups is 1. The fourth-order valence-corrected chi connectivity index (χ4v) is 3.05. The molecule has 1 aliphatic rings. The summed E-state index contributed by atoms with van der Waals surface area (Å²) < 4.78 is 5.39. The van der Waals surface area contributed by atoms with Gasteiger partial charge < -0.3 is 15.4 Å². The number of hydrogen-bond acceptors (Lipinski definition) is 6. The average molecular weight is 384 g/mol. The standard InChI is InChI=1S/C20H24N4O4/c25-20(14-21-18-6-3-7-19(12-18)24(26)27)22-13-16-4-1-2-5-17(16)15-23-8-10-28-11-9-23/h1-7,12,21H,8-11,13-15H2,(H,22,25). The molecule has 0 atom stereocenters. The molecule has 8 heteroatoms. The first-order valence-corrected chi connectivity index (χ1v) is 9.24. The summed E-state index contributed by atoms with van der Waals surface area (Å²) in [4.78, 5) is 24.9. The molecule has 0 aliphatic carbocycles. The van der Waals surface area contributed by atoms with Crippen molar-refractivity contribution in [3.63, 3.8) is 0 Å². The number of nitrogens with one attached hydrogen (secondary N) is 2. The number of non-ortho nitro benzene ring substituents is 1. The first-order chi connectivity index (χ1) is 13.6. The molecule has 1 aliphatic heterocycles. The number of nitro benzene ring substituents is 1. The first kappa shape index (κ1) is 19.8. The van der Waals surface area contributed by atoms with E-state index >= 15 is 0 Å². The number of carbonyl (C=O) groups excluding carboxylic acids is 1. The predicted octanol–water partition coefficient (Wildman–Crippen LogP) is 2.16. The number of hydrogen-bond donors (Lipinski definition) is 2. The van der Waals surface area contributed by atoms with Gasteiger partial charge in [-0.15, -0.1) is 0 Å². The molecule has 2 aromatic rings. The number of anilines is 1. The molecule has 2 aromatic carbocycles. The zero-order valence-corrected chi connectivity index (χ0v) is 15.6. The van der Waals surface area contributed by atoms with Crippen LogP contribution >= 0.6 is 0 Å². The molecule has 0 saturated carbocycles. The van der Waals surface area contributed by atoms with E-state index in [0.717, 1.165) is 38.4 Å². The van der Waals surface area contributed by atoms with Gasteiger partial charge in [-0.2, -0.15) is 0 Å². The number of ether oxygens (including phenoxy) is 1. The lowest BCUT2D eigenvalue weighted by Gasteiger charge is -2.27. The van der Waals surface area contributed by atoms with Crippen molar-refractivity contribution >= 4 is 17.3 Å². The van der Waals surface area contributed by atoms with Crippen LogP contribution in [0, 0.1) is 10.1 Å². The Hall–Kier alpha value is -2.97. The Kier molecular flexibility index (Phi) is 6.94. The van der Waals surface area contributed by atoms with Gasteiger partial charge in [-0.1, -0.05) is 30.3 Å². The van der Waals surface area contributed by atoms with Crippen LogP contribution in [0.5, 0.6) is 0 Å². The zero-order valence-electron chi connectivity index (χ0n) is 15.6. The van der Waals surface area contributed by atoms with Crippen molar-refractivity contribution < 1.29 is 14.5 Å². The predicted molar refractivity (Wildman–Crippen MR) is 106 cm³/mol. The summed E-state index contributed by atoms with van der Waals surface area (Å²) in [6.45, 7) is 4.65. The molecular weight excluding hydrogens is 360 g/mol. The molecular formula is C20H24N4O4. The lowest BCUT2D eigenvalue weighted by Crippen LogP contribution is -2.36. The van der Waals surface area contributed by atoms with E-state index in [0.29, 0.717) is 12.2 Å².